The van der Waals surface area contributed by atoms with Gasteiger partial charge < -0.3 is 14.6 Å². The number of aliphatic hydroxyl groups is 1. The van der Waals surface area contributed by atoms with Crippen LogP contribution in [0.3, 0.4) is 0 Å². The summed E-state index contributed by atoms with van der Waals surface area (Å²) < 4.78 is 10.7. The van der Waals surface area contributed by atoms with Gasteiger partial charge in [0.1, 0.15) is 6.61 Å². The molecule has 1 atom stereocenters. The van der Waals surface area contributed by atoms with E-state index in [4.69, 9.17) is 9.47 Å². The molecule has 0 amide bonds. The van der Waals surface area contributed by atoms with Gasteiger partial charge in [0.25, 0.3) is 0 Å². The van der Waals surface area contributed by atoms with Gasteiger partial charge in [-0.3, -0.25) is 9.59 Å². The molecule has 1 N–H and O–H groups in total. The van der Waals surface area contributed by atoms with Gasteiger partial charge in [0.05, 0.1) is 6.61 Å². The average molecular weight is 974 g/mol. The molecule has 410 valence electrons. The summed E-state index contributed by atoms with van der Waals surface area (Å²) in [6.07, 6.45) is 76.6. The number of carbonyl (C=O) groups is 2. The molecule has 1 unspecified atom stereocenters. The molecular formula is C64H124O5. The van der Waals surface area contributed by atoms with E-state index >= 15 is 0 Å². The van der Waals surface area contributed by atoms with E-state index in [-0.39, 0.29) is 25.2 Å². The molecule has 0 spiro atoms. The van der Waals surface area contributed by atoms with Crippen molar-refractivity contribution in [3.8, 4) is 0 Å². The second-order valence-corrected chi connectivity index (χ2v) is 21.9. The van der Waals surface area contributed by atoms with Crippen molar-refractivity contribution in [2.45, 2.75) is 373 Å². The van der Waals surface area contributed by atoms with Crippen LogP contribution in [0.5, 0.6) is 0 Å². The van der Waals surface area contributed by atoms with Crippen LogP contribution in [0.25, 0.3) is 0 Å². The van der Waals surface area contributed by atoms with Crippen LogP contribution in [0.15, 0.2) is 12.2 Å². The molecule has 0 heterocycles. The number of hydrogen-bond acceptors (Lipinski definition) is 5. The number of aliphatic hydroxyl groups excluding tert-OH is 1. The van der Waals surface area contributed by atoms with E-state index in [0.29, 0.717) is 12.8 Å². The van der Waals surface area contributed by atoms with Gasteiger partial charge in [-0.2, -0.15) is 0 Å². The third-order valence-electron chi connectivity index (χ3n) is 14.8. The number of unbranched alkanes of at least 4 members (excludes halogenated alkanes) is 50. The Hall–Kier alpha value is -1.36. The number of ether oxygens (including phenoxy) is 2. The van der Waals surface area contributed by atoms with Gasteiger partial charge in [0.2, 0.25) is 0 Å². The molecule has 0 aliphatic heterocycles. The van der Waals surface area contributed by atoms with E-state index in [1.165, 1.54) is 308 Å². The van der Waals surface area contributed by atoms with Crippen molar-refractivity contribution in [1.82, 2.24) is 0 Å². The Balaban J connectivity index is 3.35. The first kappa shape index (κ1) is 67.6. The molecule has 0 aromatic rings. The van der Waals surface area contributed by atoms with E-state index < -0.39 is 6.10 Å². The second kappa shape index (κ2) is 60.9. The highest BCUT2D eigenvalue weighted by atomic mass is 16.6. The molecule has 69 heavy (non-hydrogen) atoms. The fraction of sp³-hybridized carbons (Fsp3) is 0.938. The topological polar surface area (TPSA) is 72.8 Å². The minimum atomic E-state index is -0.768. The number of rotatable bonds is 60. The lowest BCUT2D eigenvalue weighted by atomic mass is 10.0. The Morgan fingerprint density at radius 3 is 0.783 bits per heavy atom. The maximum absolute atomic E-state index is 12.3. The highest BCUT2D eigenvalue weighted by Crippen LogP contribution is 2.19. The van der Waals surface area contributed by atoms with Gasteiger partial charge in [-0.05, 0) is 38.5 Å². The first-order chi connectivity index (χ1) is 34.1. The molecule has 0 bridgehead atoms. The van der Waals surface area contributed by atoms with Crippen LogP contribution in [0, 0.1) is 0 Å². The predicted octanol–water partition coefficient (Wildman–Crippen LogP) is 21.5. The van der Waals surface area contributed by atoms with Gasteiger partial charge in [-0.1, -0.05) is 328 Å². The van der Waals surface area contributed by atoms with E-state index in [1.807, 2.05) is 0 Å². The molecular weight excluding hydrogens is 849 g/mol. The zero-order valence-corrected chi connectivity index (χ0v) is 47.1. The minimum absolute atomic E-state index is 0.0593. The summed E-state index contributed by atoms with van der Waals surface area (Å²) in [6, 6.07) is 0. The number of hydrogen-bond donors (Lipinski definition) is 1. The Labute approximate surface area is 432 Å². The molecule has 0 saturated carbocycles. The fourth-order valence-electron chi connectivity index (χ4n) is 10.0. The molecule has 5 nitrogen and oxygen atoms in total. The largest absolute Gasteiger partial charge is 0.462 e. The summed E-state index contributed by atoms with van der Waals surface area (Å²) in [5, 5.41) is 9.66. The van der Waals surface area contributed by atoms with Gasteiger partial charge in [-0.25, -0.2) is 0 Å². The van der Waals surface area contributed by atoms with Crippen molar-refractivity contribution in [2.75, 3.05) is 13.2 Å². The molecule has 0 aliphatic carbocycles. The third-order valence-corrected chi connectivity index (χ3v) is 14.8. The van der Waals surface area contributed by atoms with Crippen molar-refractivity contribution in [2.24, 2.45) is 0 Å². The van der Waals surface area contributed by atoms with Crippen LogP contribution in [-0.4, -0.2) is 36.4 Å². The Kier molecular flexibility index (Phi) is 59.7. The lowest BCUT2D eigenvalue weighted by molar-refractivity contribution is -0.161. The molecule has 0 saturated heterocycles. The SMILES string of the molecule is CCCCCCCC/C=C\CCCCCCCCCCCC(=O)OC(CO)COC(=O)CCCCCCCCCCCCCCCCCCCCCCCCCCCCCCCCCCCCCC. The molecule has 0 fully saturated rings. The summed E-state index contributed by atoms with van der Waals surface area (Å²) in [5.74, 6) is -0.570. The van der Waals surface area contributed by atoms with Crippen LogP contribution in [0.4, 0.5) is 0 Å². The van der Waals surface area contributed by atoms with E-state index in [2.05, 4.69) is 26.0 Å². The van der Waals surface area contributed by atoms with Crippen LogP contribution >= 0.6 is 0 Å². The van der Waals surface area contributed by atoms with Gasteiger partial charge in [0, 0.05) is 12.8 Å². The van der Waals surface area contributed by atoms with Gasteiger partial charge in [0.15, 0.2) is 6.10 Å². The summed E-state index contributed by atoms with van der Waals surface area (Å²) in [4.78, 5) is 24.5. The van der Waals surface area contributed by atoms with E-state index in [1.54, 1.807) is 0 Å². The summed E-state index contributed by atoms with van der Waals surface area (Å²) in [5.41, 5.74) is 0. The van der Waals surface area contributed by atoms with Crippen LogP contribution in [-0.2, 0) is 19.1 Å². The number of esters is 2. The normalized spacial score (nSPS) is 12.1. The molecule has 0 radical (unpaired) electrons. The average Bonchev–Trinajstić information content (AvgIpc) is 3.35. The Morgan fingerprint density at radius 1 is 0.319 bits per heavy atom. The number of allylic oxidation sites excluding steroid dienone is 2. The zero-order valence-electron chi connectivity index (χ0n) is 47.1. The second-order valence-electron chi connectivity index (χ2n) is 21.9. The zero-order chi connectivity index (χ0) is 49.9. The molecule has 5 heteroatoms. The minimum Gasteiger partial charge on any atom is -0.462 e. The van der Waals surface area contributed by atoms with Crippen molar-refractivity contribution in [3.05, 3.63) is 12.2 Å². The van der Waals surface area contributed by atoms with Crippen molar-refractivity contribution in [3.63, 3.8) is 0 Å². The van der Waals surface area contributed by atoms with Crippen LogP contribution in [0.1, 0.15) is 367 Å². The predicted molar refractivity (Wildman–Crippen MR) is 302 cm³/mol. The van der Waals surface area contributed by atoms with Gasteiger partial charge >= 0.3 is 11.9 Å². The smallest absolute Gasteiger partial charge is 0.306 e. The summed E-state index contributed by atoms with van der Waals surface area (Å²) >= 11 is 0. The molecule has 0 rings (SSSR count). The quantitative estimate of drug-likeness (QED) is 0.0373. The lowest BCUT2D eigenvalue weighted by Crippen LogP contribution is -2.28. The lowest BCUT2D eigenvalue weighted by Gasteiger charge is -2.15. The van der Waals surface area contributed by atoms with Crippen molar-refractivity contribution < 1.29 is 24.2 Å². The summed E-state index contributed by atoms with van der Waals surface area (Å²) in [6.45, 7) is 4.20. The maximum atomic E-state index is 12.3. The highest BCUT2D eigenvalue weighted by molar-refractivity contribution is 5.70. The molecule has 0 aromatic heterocycles. The highest BCUT2D eigenvalue weighted by Gasteiger charge is 2.16. The Morgan fingerprint density at radius 2 is 0.536 bits per heavy atom. The van der Waals surface area contributed by atoms with Crippen molar-refractivity contribution in [1.29, 1.82) is 0 Å². The monoisotopic (exact) mass is 973 g/mol. The fourth-order valence-corrected chi connectivity index (χ4v) is 10.0. The van der Waals surface area contributed by atoms with Crippen LogP contribution in [0.2, 0.25) is 0 Å². The number of carbonyl (C=O) groups excluding carboxylic acids is 2. The van der Waals surface area contributed by atoms with E-state index in [9.17, 15) is 14.7 Å². The standard InChI is InChI=1S/C64H124O5/c1-3-5-7-9-11-13-15-17-19-21-23-24-25-26-27-28-29-30-31-32-33-34-35-36-37-38-39-41-42-44-46-48-50-52-54-56-58-63(66)68-61-62(60-65)69-64(67)59-57-55-53-51-49-47-45-43-40-22-20-18-16-14-12-10-8-6-4-2/h18,20,62,65H,3-17,19,21-61H2,1-2H3/b20-18-. The third kappa shape index (κ3) is 59.1. The van der Waals surface area contributed by atoms with E-state index in [0.717, 1.165) is 32.1 Å². The van der Waals surface area contributed by atoms with Gasteiger partial charge in [-0.15, -0.1) is 0 Å². The molecule has 0 aliphatic rings. The first-order valence-corrected chi connectivity index (χ1v) is 31.7. The maximum Gasteiger partial charge on any atom is 0.306 e. The summed E-state index contributed by atoms with van der Waals surface area (Å²) in [7, 11) is 0. The Bertz CT molecular complexity index is 1010. The first-order valence-electron chi connectivity index (χ1n) is 31.7. The molecule has 0 aromatic carbocycles. The van der Waals surface area contributed by atoms with Crippen LogP contribution < -0.4 is 0 Å². The van der Waals surface area contributed by atoms with Crippen molar-refractivity contribution >= 4 is 11.9 Å².